The van der Waals surface area contributed by atoms with E-state index < -0.39 is 35.3 Å². The largest absolute Gasteiger partial charge is 0.319 e. The van der Waals surface area contributed by atoms with Crippen LogP contribution in [0.5, 0.6) is 0 Å². The molecule has 1 amide bonds. The summed E-state index contributed by atoms with van der Waals surface area (Å²) in [5, 5.41) is 5.45. The number of amides is 1. The summed E-state index contributed by atoms with van der Waals surface area (Å²) in [4.78, 5) is 36.4. The van der Waals surface area contributed by atoms with Crippen LogP contribution < -0.4 is 10.6 Å². The second-order valence-corrected chi connectivity index (χ2v) is 7.54. The lowest BCUT2D eigenvalue weighted by atomic mass is 9.91. The highest BCUT2D eigenvalue weighted by molar-refractivity contribution is 6.44. The van der Waals surface area contributed by atoms with Gasteiger partial charge in [-0.3, -0.25) is 19.7 Å². The summed E-state index contributed by atoms with van der Waals surface area (Å²) in [6, 6.07) is 3.64. The van der Waals surface area contributed by atoms with Gasteiger partial charge in [0, 0.05) is 22.3 Å². The second kappa shape index (κ2) is 6.69. The Morgan fingerprint density at radius 3 is 2.36 bits per heavy atom. The van der Waals surface area contributed by atoms with Crippen molar-refractivity contribution in [1.29, 1.82) is 0 Å². The monoisotopic (exact) mass is 366 g/mol. The molecule has 0 saturated heterocycles. The summed E-state index contributed by atoms with van der Waals surface area (Å²) in [5.41, 5.74) is -0.399. The van der Waals surface area contributed by atoms with Crippen LogP contribution in [0.1, 0.15) is 34.1 Å². The minimum absolute atomic E-state index is 0.0926. The number of hydrogen-bond donors (Lipinski definition) is 2. The first-order chi connectivity index (χ1) is 11.4. The van der Waals surface area contributed by atoms with Gasteiger partial charge in [-0.2, -0.15) is 0 Å². The molecular weight excluding hydrogens is 347 g/mol. The molecule has 5 nitrogen and oxygen atoms in total. The molecule has 0 bridgehead atoms. The van der Waals surface area contributed by atoms with E-state index in [0.29, 0.717) is 5.57 Å². The molecule has 1 aromatic rings. The molecule has 0 atom stereocenters. The predicted octanol–water partition coefficient (Wildman–Crippen LogP) is 3.03. The van der Waals surface area contributed by atoms with Crippen molar-refractivity contribution in [3.8, 4) is 0 Å². The van der Waals surface area contributed by atoms with Crippen LogP contribution in [-0.4, -0.2) is 28.6 Å². The fourth-order valence-electron chi connectivity index (χ4n) is 2.98. The van der Waals surface area contributed by atoms with Gasteiger partial charge in [0.1, 0.15) is 5.82 Å². The maximum atomic E-state index is 13.4. The van der Waals surface area contributed by atoms with Crippen LogP contribution in [-0.2, 0) is 14.4 Å². The van der Waals surface area contributed by atoms with Crippen molar-refractivity contribution in [2.75, 3.05) is 5.32 Å². The minimum atomic E-state index is -0.973. The first-order valence-corrected chi connectivity index (χ1v) is 8.14. The van der Waals surface area contributed by atoms with Gasteiger partial charge in [-0.25, -0.2) is 4.39 Å². The van der Waals surface area contributed by atoms with Crippen LogP contribution in [0.3, 0.4) is 0 Å². The lowest BCUT2D eigenvalue weighted by Crippen LogP contribution is -2.46. The summed E-state index contributed by atoms with van der Waals surface area (Å²) >= 11 is 5.56. The summed E-state index contributed by atoms with van der Waals surface area (Å²) < 4.78 is 13.4. The Labute approximate surface area is 150 Å². The van der Waals surface area contributed by atoms with Crippen molar-refractivity contribution in [2.24, 2.45) is 0 Å². The van der Waals surface area contributed by atoms with Crippen molar-refractivity contribution in [3.63, 3.8) is 0 Å². The highest BCUT2D eigenvalue weighted by atomic mass is 35.5. The summed E-state index contributed by atoms with van der Waals surface area (Å²) in [6.07, 6.45) is 1.23. The Morgan fingerprint density at radius 1 is 1.20 bits per heavy atom. The zero-order valence-electron chi connectivity index (χ0n) is 14.5. The van der Waals surface area contributed by atoms with Gasteiger partial charge in [-0.15, -0.1) is 0 Å². The highest BCUT2D eigenvalue weighted by Crippen LogP contribution is 2.31. The standard InChI is InChI=1S/C18H20ClFN2O3/c1-17(2)9-11(18(3,4)22-17)14(23)8-15(24)16(25)21-10-5-6-12(19)13(20)7-10/h5-7,9,22H,8H2,1-4H3,(H,21,25). The van der Waals surface area contributed by atoms with Gasteiger partial charge in [-0.1, -0.05) is 17.7 Å². The average Bonchev–Trinajstić information content (AvgIpc) is 2.70. The van der Waals surface area contributed by atoms with Gasteiger partial charge in [0.2, 0.25) is 5.78 Å². The SMILES string of the molecule is CC1(C)C=C(C(=O)CC(=O)C(=O)Nc2ccc(Cl)c(F)c2)C(C)(C)N1. The van der Waals surface area contributed by atoms with Gasteiger partial charge in [0.05, 0.1) is 11.4 Å². The first kappa shape index (κ1) is 19.3. The van der Waals surface area contributed by atoms with Crippen LogP contribution in [0.2, 0.25) is 5.02 Å². The number of nitrogens with one attached hydrogen (secondary N) is 2. The summed E-state index contributed by atoms with van der Waals surface area (Å²) in [5.74, 6) is -2.99. The normalized spacial score (nSPS) is 17.8. The van der Waals surface area contributed by atoms with Crippen molar-refractivity contribution < 1.29 is 18.8 Å². The van der Waals surface area contributed by atoms with Crippen LogP contribution >= 0.6 is 11.6 Å². The summed E-state index contributed by atoms with van der Waals surface area (Å²) in [6.45, 7) is 7.51. The number of ketones is 2. The molecule has 1 aliphatic rings. The van der Waals surface area contributed by atoms with Crippen molar-refractivity contribution in [1.82, 2.24) is 5.32 Å². The Kier molecular flexibility index (Phi) is 5.16. The smallest absolute Gasteiger partial charge is 0.292 e. The van der Waals surface area contributed by atoms with E-state index in [1.807, 2.05) is 27.7 Å². The molecule has 0 aromatic heterocycles. The van der Waals surface area contributed by atoms with Gasteiger partial charge < -0.3 is 5.32 Å². The molecule has 1 aliphatic heterocycles. The van der Waals surface area contributed by atoms with E-state index in [4.69, 9.17) is 11.6 Å². The molecule has 0 saturated carbocycles. The third-order valence-corrected chi connectivity index (χ3v) is 4.17. The lowest BCUT2D eigenvalue weighted by molar-refractivity contribution is -0.136. The van der Waals surface area contributed by atoms with Gasteiger partial charge in [0.25, 0.3) is 5.91 Å². The third-order valence-electron chi connectivity index (χ3n) is 3.87. The molecule has 7 heteroatoms. The van der Waals surface area contributed by atoms with E-state index in [1.54, 1.807) is 6.08 Å². The number of Topliss-reactive ketones (excluding diaryl/α,β-unsaturated/α-hetero) is 2. The van der Waals surface area contributed by atoms with Crippen molar-refractivity contribution in [2.45, 2.75) is 45.2 Å². The number of hydrogen-bond acceptors (Lipinski definition) is 4. The van der Waals surface area contributed by atoms with E-state index in [2.05, 4.69) is 10.6 Å². The molecule has 0 aliphatic carbocycles. The van der Waals surface area contributed by atoms with E-state index in [-0.39, 0.29) is 16.2 Å². The zero-order chi connectivity index (χ0) is 19.0. The van der Waals surface area contributed by atoms with E-state index in [9.17, 15) is 18.8 Å². The predicted molar refractivity (Wildman–Crippen MR) is 94.0 cm³/mol. The Morgan fingerprint density at radius 2 is 1.84 bits per heavy atom. The molecule has 134 valence electrons. The fraction of sp³-hybridized carbons (Fsp3) is 0.389. The topological polar surface area (TPSA) is 75.3 Å². The van der Waals surface area contributed by atoms with E-state index in [0.717, 1.165) is 6.07 Å². The molecule has 0 radical (unpaired) electrons. The Bertz CT molecular complexity index is 785. The number of halogens is 2. The number of rotatable bonds is 5. The highest BCUT2D eigenvalue weighted by Gasteiger charge is 2.40. The molecule has 2 N–H and O–H groups in total. The molecule has 0 unspecified atom stereocenters. The summed E-state index contributed by atoms with van der Waals surface area (Å²) in [7, 11) is 0. The molecule has 0 fully saturated rings. The van der Waals surface area contributed by atoms with Gasteiger partial charge in [0.15, 0.2) is 5.78 Å². The Hall–Kier alpha value is -2.05. The molecular formula is C18H20ClFN2O3. The van der Waals surface area contributed by atoms with E-state index in [1.165, 1.54) is 12.1 Å². The molecule has 1 heterocycles. The molecule has 2 rings (SSSR count). The Balaban J connectivity index is 2.05. The van der Waals surface area contributed by atoms with Crippen LogP contribution in [0.15, 0.2) is 29.8 Å². The van der Waals surface area contributed by atoms with Crippen molar-refractivity contribution >= 4 is 34.8 Å². The minimum Gasteiger partial charge on any atom is -0.319 e. The zero-order valence-corrected chi connectivity index (χ0v) is 15.3. The fourth-order valence-corrected chi connectivity index (χ4v) is 3.09. The van der Waals surface area contributed by atoms with Crippen molar-refractivity contribution in [3.05, 3.63) is 40.7 Å². The number of anilines is 1. The number of carbonyl (C=O) groups excluding carboxylic acids is 3. The molecule has 25 heavy (non-hydrogen) atoms. The second-order valence-electron chi connectivity index (χ2n) is 7.14. The van der Waals surface area contributed by atoms with Crippen LogP contribution in [0, 0.1) is 5.82 Å². The molecule has 0 spiro atoms. The van der Waals surface area contributed by atoms with Gasteiger partial charge >= 0.3 is 0 Å². The maximum Gasteiger partial charge on any atom is 0.292 e. The van der Waals surface area contributed by atoms with Crippen LogP contribution in [0.4, 0.5) is 10.1 Å². The van der Waals surface area contributed by atoms with Gasteiger partial charge in [-0.05, 0) is 45.9 Å². The van der Waals surface area contributed by atoms with Crippen LogP contribution in [0.25, 0.3) is 0 Å². The quantitative estimate of drug-likeness (QED) is 0.620. The maximum absolute atomic E-state index is 13.4. The first-order valence-electron chi connectivity index (χ1n) is 7.76. The number of benzene rings is 1. The third kappa shape index (κ3) is 4.52. The molecule has 1 aromatic carbocycles. The lowest BCUT2D eigenvalue weighted by Gasteiger charge is -2.27. The number of carbonyl (C=O) groups is 3. The van der Waals surface area contributed by atoms with E-state index >= 15 is 0 Å². The average molecular weight is 367 g/mol.